The molecule has 0 aliphatic heterocycles. The number of fused-ring (bicyclic) bond motifs is 1. The number of hydrogen-bond donors (Lipinski definition) is 1. The molecule has 3 heteroatoms. The Kier molecular flexibility index (Phi) is 3.51. The maximum Gasteiger partial charge on any atom is 0.248 e. The van der Waals surface area contributed by atoms with Crippen LogP contribution in [0.3, 0.4) is 0 Å². The van der Waals surface area contributed by atoms with Gasteiger partial charge in [-0.15, -0.1) is 0 Å². The van der Waals surface area contributed by atoms with Crippen LogP contribution in [-0.4, -0.2) is 11.7 Å². The van der Waals surface area contributed by atoms with Gasteiger partial charge in [0, 0.05) is 17.3 Å². The van der Waals surface area contributed by atoms with Crippen LogP contribution >= 0.6 is 0 Å². The molecule has 1 aromatic rings. The summed E-state index contributed by atoms with van der Waals surface area (Å²) in [6, 6.07) is 9.68. The highest BCUT2D eigenvalue weighted by atomic mass is 16.1. The summed E-state index contributed by atoms with van der Waals surface area (Å²) < 4.78 is 0. The Balaban J connectivity index is 1.71. The molecule has 3 rings (SSSR count). The van der Waals surface area contributed by atoms with Gasteiger partial charge >= 0.3 is 0 Å². The molecule has 0 aromatic heterocycles. The van der Waals surface area contributed by atoms with E-state index in [0.29, 0.717) is 11.8 Å². The predicted molar refractivity (Wildman–Crippen MR) is 86.7 cm³/mol. The van der Waals surface area contributed by atoms with Crippen LogP contribution in [0, 0.1) is 17.3 Å². The minimum atomic E-state index is -0.170. The zero-order chi connectivity index (χ0) is 15.9. The van der Waals surface area contributed by atoms with Crippen LogP contribution in [0.1, 0.15) is 32.8 Å². The highest BCUT2D eigenvalue weighted by Gasteiger charge is 2.63. The van der Waals surface area contributed by atoms with Gasteiger partial charge in [0.2, 0.25) is 5.91 Å². The molecule has 1 saturated carbocycles. The smallest absolute Gasteiger partial charge is 0.248 e. The van der Waals surface area contributed by atoms with Crippen LogP contribution in [0.4, 0.5) is 0 Å². The number of nitrogens with one attached hydrogen (secondary N) is 1. The van der Waals surface area contributed by atoms with Crippen molar-refractivity contribution in [1.82, 2.24) is 5.32 Å². The molecule has 1 aromatic carbocycles. The van der Waals surface area contributed by atoms with E-state index in [2.05, 4.69) is 19.2 Å². The minimum Gasteiger partial charge on any atom is -0.326 e. The van der Waals surface area contributed by atoms with E-state index in [1.54, 1.807) is 13.0 Å². The number of benzene rings is 1. The zero-order valence-corrected chi connectivity index (χ0v) is 13.2. The van der Waals surface area contributed by atoms with Gasteiger partial charge in [-0.25, -0.2) is 0 Å². The summed E-state index contributed by atoms with van der Waals surface area (Å²) in [5.74, 6) is 0.732. The van der Waals surface area contributed by atoms with Gasteiger partial charge in [-0.3, -0.25) is 9.59 Å². The Morgan fingerprint density at radius 3 is 2.55 bits per heavy atom. The summed E-state index contributed by atoms with van der Waals surface area (Å²) in [5.41, 5.74) is 2.84. The Labute approximate surface area is 131 Å². The fraction of sp³-hybridized carbons (Fsp3) is 0.368. The first-order valence-corrected chi connectivity index (χ1v) is 7.69. The van der Waals surface area contributed by atoms with Crippen LogP contribution in [0.15, 0.2) is 47.7 Å². The summed E-state index contributed by atoms with van der Waals surface area (Å²) in [6.07, 6.45) is 4.11. The van der Waals surface area contributed by atoms with Crippen molar-refractivity contribution in [2.75, 3.05) is 0 Å². The molecule has 0 heterocycles. The van der Waals surface area contributed by atoms with Gasteiger partial charge in [0.25, 0.3) is 0 Å². The fourth-order valence-electron chi connectivity index (χ4n) is 3.69. The molecule has 22 heavy (non-hydrogen) atoms. The van der Waals surface area contributed by atoms with Crippen molar-refractivity contribution in [3.63, 3.8) is 0 Å². The molecule has 2 atom stereocenters. The SMILES string of the molecule is CC(=O)C1=C(NC(=O)C=Cc2ccccc2)C[C@@H]2[C@H]1C2(C)C. The Bertz CT molecular complexity index is 683. The maximum atomic E-state index is 12.1. The van der Waals surface area contributed by atoms with Gasteiger partial charge in [0.15, 0.2) is 5.78 Å². The van der Waals surface area contributed by atoms with E-state index < -0.39 is 0 Å². The number of carbonyl (C=O) groups is 2. The van der Waals surface area contributed by atoms with Crippen molar-refractivity contribution >= 4 is 17.8 Å². The molecule has 2 aliphatic carbocycles. The Morgan fingerprint density at radius 2 is 1.91 bits per heavy atom. The molecule has 0 spiro atoms. The molecule has 1 fully saturated rings. The molecule has 2 aliphatic rings. The summed E-state index contributed by atoms with van der Waals surface area (Å²) >= 11 is 0. The van der Waals surface area contributed by atoms with Crippen molar-refractivity contribution < 1.29 is 9.59 Å². The molecule has 0 saturated heterocycles. The van der Waals surface area contributed by atoms with Crippen molar-refractivity contribution in [3.05, 3.63) is 53.2 Å². The van der Waals surface area contributed by atoms with E-state index >= 15 is 0 Å². The number of carbonyl (C=O) groups excluding carboxylic acids is 2. The molecular formula is C19H21NO2. The molecule has 1 N–H and O–H groups in total. The van der Waals surface area contributed by atoms with Crippen molar-refractivity contribution in [2.45, 2.75) is 27.2 Å². The van der Waals surface area contributed by atoms with E-state index in [4.69, 9.17) is 0 Å². The van der Waals surface area contributed by atoms with Gasteiger partial charge in [-0.1, -0.05) is 44.2 Å². The molecule has 1 amide bonds. The number of allylic oxidation sites excluding steroid dienone is 2. The molecule has 114 valence electrons. The second kappa shape index (κ2) is 5.24. The first kappa shape index (κ1) is 14.8. The highest BCUT2D eigenvalue weighted by Crippen LogP contribution is 2.68. The van der Waals surface area contributed by atoms with Gasteiger partial charge in [0.1, 0.15) is 0 Å². The van der Waals surface area contributed by atoms with Gasteiger partial charge < -0.3 is 5.32 Å². The van der Waals surface area contributed by atoms with E-state index in [1.807, 2.05) is 30.3 Å². The average molecular weight is 295 g/mol. The van der Waals surface area contributed by atoms with Crippen LogP contribution in [0.5, 0.6) is 0 Å². The summed E-state index contributed by atoms with van der Waals surface area (Å²) in [7, 11) is 0. The first-order chi connectivity index (χ1) is 10.4. The monoisotopic (exact) mass is 295 g/mol. The number of hydrogen-bond acceptors (Lipinski definition) is 2. The summed E-state index contributed by atoms with van der Waals surface area (Å²) in [5, 5.41) is 2.91. The third kappa shape index (κ3) is 2.52. The van der Waals surface area contributed by atoms with E-state index in [0.717, 1.165) is 23.3 Å². The van der Waals surface area contributed by atoms with Crippen molar-refractivity contribution in [3.8, 4) is 0 Å². The summed E-state index contributed by atoms with van der Waals surface area (Å²) in [4.78, 5) is 24.0. The van der Waals surface area contributed by atoms with Crippen LogP contribution in [0.2, 0.25) is 0 Å². The van der Waals surface area contributed by atoms with Gasteiger partial charge in [0.05, 0.1) is 0 Å². The summed E-state index contributed by atoms with van der Waals surface area (Å²) in [6.45, 7) is 5.98. The lowest BCUT2D eigenvalue weighted by Gasteiger charge is -2.14. The lowest BCUT2D eigenvalue weighted by atomic mass is 9.96. The second-order valence-electron chi connectivity index (χ2n) is 6.79. The standard InChI is InChI=1S/C19H21NO2/c1-12(21)17-15(11-14-18(17)19(14,2)3)20-16(22)10-9-13-7-5-4-6-8-13/h4-10,14,18H,11H2,1-3H3,(H,20,22)/t14-,18-/m1/s1. The Hall–Kier alpha value is -2.16. The lowest BCUT2D eigenvalue weighted by molar-refractivity contribution is -0.115. The number of amides is 1. The molecule has 3 nitrogen and oxygen atoms in total. The van der Waals surface area contributed by atoms with Gasteiger partial charge in [-0.2, -0.15) is 0 Å². The van der Waals surface area contributed by atoms with E-state index in [1.165, 1.54) is 6.08 Å². The largest absolute Gasteiger partial charge is 0.326 e. The van der Waals surface area contributed by atoms with E-state index in [-0.39, 0.29) is 17.1 Å². The van der Waals surface area contributed by atoms with Crippen molar-refractivity contribution in [2.24, 2.45) is 17.3 Å². The van der Waals surface area contributed by atoms with E-state index in [9.17, 15) is 9.59 Å². The molecule has 0 bridgehead atoms. The van der Waals surface area contributed by atoms with Crippen molar-refractivity contribution in [1.29, 1.82) is 0 Å². The fourth-order valence-corrected chi connectivity index (χ4v) is 3.69. The second-order valence-corrected chi connectivity index (χ2v) is 6.79. The topological polar surface area (TPSA) is 46.2 Å². The van der Waals surface area contributed by atoms with Crippen LogP contribution < -0.4 is 5.32 Å². The highest BCUT2D eigenvalue weighted by molar-refractivity contribution is 5.99. The average Bonchev–Trinajstić information content (AvgIpc) is 2.85. The quantitative estimate of drug-likeness (QED) is 0.866. The molecule has 0 unspecified atom stereocenters. The van der Waals surface area contributed by atoms with Crippen LogP contribution in [-0.2, 0) is 9.59 Å². The number of rotatable bonds is 4. The predicted octanol–water partition coefficient (Wildman–Crippen LogP) is 3.34. The minimum absolute atomic E-state index is 0.0837. The molecule has 0 radical (unpaired) electrons. The van der Waals surface area contributed by atoms with Crippen LogP contribution in [0.25, 0.3) is 6.08 Å². The lowest BCUT2D eigenvalue weighted by Crippen LogP contribution is -2.24. The normalized spacial score (nSPS) is 25.2. The number of ketones is 1. The third-order valence-corrected chi connectivity index (χ3v) is 4.99. The number of Topliss-reactive ketones (excluding diaryl/α,β-unsaturated/α-hetero) is 1. The molecular weight excluding hydrogens is 274 g/mol. The zero-order valence-electron chi connectivity index (χ0n) is 13.2. The Morgan fingerprint density at radius 1 is 1.23 bits per heavy atom. The maximum absolute atomic E-state index is 12.1. The first-order valence-electron chi connectivity index (χ1n) is 7.69. The third-order valence-electron chi connectivity index (χ3n) is 4.99. The van der Waals surface area contributed by atoms with Gasteiger partial charge in [-0.05, 0) is 42.2 Å².